The van der Waals surface area contributed by atoms with Gasteiger partial charge in [-0.15, -0.1) is 0 Å². The summed E-state index contributed by atoms with van der Waals surface area (Å²) in [6.07, 6.45) is 3.08. The van der Waals surface area contributed by atoms with Crippen LogP contribution in [-0.2, 0) is 12.8 Å². The number of phenols is 4. The van der Waals surface area contributed by atoms with Gasteiger partial charge < -0.3 is 20.4 Å². The molecule has 3 rings (SSSR count). The van der Waals surface area contributed by atoms with E-state index < -0.39 is 0 Å². The van der Waals surface area contributed by atoms with E-state index in [-0.39, 0.29) is 46.7 Å². The van der Waals surface area contributed by atoms with Gasteiger partial charge in [-0.3, -0.25) is 4.79 Å². The predicted molar refractivity (Wildman–Crippen MR) is 98.1 cm³/mol. The second-order valence-electron chi connectivity index (χ2n) is 7.06. The number of allylic oxidation sites excluding steroid dienone is 2. The van der Waals surface area contributed by atoms with E-state index in [1.165, 1.54) is 18.2 Å². The zero-order valence-electron chi connectivity index (χ0n) is 14.8. The molecule has 0 bridgehead atoms. The Morgan fingerprint density at radius 1 is 1.04 bits per heavy atom. The zero-order chi connectivity index (χ0) is 19.0. The van der Waals surface area contributed by atoms with Gasteiger partial charge in [-0.25, -0.2) is 0 Å². The van der Waals surface area contributed by atoms with Gasteiger partial charge in [0.05, 0.1) is 5.56 Å². The van der Waals surface area contributed by atoms with Crippen molar-refractivity contribution in [3.05, 3.63) is 58.2 Å². The summed E-state index contributed by atoms with van der Waals surface area (Å²) in [5.74, 6) is -1.06. The van der Waals surface area contributed by atoms with Gasteiger partial charge in [0, 0.05) is 18.1 Å². The van der Waals surface area contributed by atoms with Crippen LogP contribution in [0.4, 0.5) is 0 Å². The van der Waals surface area contributed by atoms with Crippen molar-refractivity contribution in [3.63, 3.8) is 0 Å². The summed E-state index contributed by atoms with van der Waals surface area (Å²) in [6.45, 7) is 3.91. The molecule has 1 atom stereocenters. The van der Waals surface area contributed by atoms with E-state index in [0.717, 1.165) is 11.1 Å². The molecular formula is C21H22O5. The molecule has 0 radical (unpaired) electrons. The molecular weight excluding hydrogens is 332 g/mol. The number of hydrogen-bond acceptors (Lipinski definition) is 5. The van der Waals surface area contributed by atoms with Crippen molar-refractivity contribution in [2.45, 2.75) is 39.0 Å². The van der Waals surface area contributed by atoms with Crippen LogP contribution in [0.5, 0.6) is 23.0 Å². The largest absolute Gasteiger partial charge is 0.508 e. The second kappa shape index (κ2) is 6.75. The van der Waals surface area contributed by atoms with Gasteiger partial charge in [0.15, 0.2) is 17.3 Å². The van der Waals surface area contributed by atoms with E-state index in [0.29, 0.717) is 24.0 Å². The van der Waals surface area contributed by atoms with Crippen molar-refractivity contribution in [2.24, 2.45) is 0 Å². The first-order chi connectivity index (χ1) is 12.3. The SMILES string of the molecule is CC(C)=CCc1cc(C2CC(=O)c3c(O)cc(O)cc3C2)cc(O)c1O. The molecule has 0 aliphatic heterocycles. The van der Waals surface area contributed by atoms with Gasteiger partial charge in [0.2, 0.25) is 0 Å². The Kier molecular flexibility index (Phi) is 4.64. The number of fused-ring (bicyclic) bond motifs is 1. The number of ketones is 1. The molecule has 136 valence electrons. The Labute approximate surface area is 151 Å². The van der Waals surface area contributed by atoms with Crippen LogP contribution in [0.25, 0.3) is 0 Å². The van der Waals surface area contributed by atoms with Crippen molar-refractivity contribution < 1.29 is 25.2 Å². The van der Waals surface area contributed by atoms with Crippen LogP contribution < -0.4 is 0 Å². The van der Waals surface area contributed by atoms with Gasteiger partial charge in [-0.2, -0.15) is 0 Å². The number of phenolic OH excluding ortho intramolecular Hbond substituents is 4. The van der Waals surface area contributed by atoms with Crippen LogP contribution in [0.3, 0.4) is 0 Å². The third-order valence-corrected chi connectivity index (χ3v) is 4.75. The highest BCUT2D eigenvalue weighted by atomic mass is 16.3. The van der Waals surface area contributed by atoms with Crippen LogP contribution in [0.1, 0.15) is 53.2 Å². The lowest BCUT2D eigenvalue weighted by Gasteiger charge is -2.25. The normalized spacial score (nSPS) is 16.2. The second-order valence-corrected chi connectivity index (χ2v) is 7.06. The molecule has 0 fully saturated rings. The number of rotatable bonds is 3. The summed E-state index contributed by atoms with van der Waals surface area (Å²) in [6, 6.07) is 5.94. The van der Waals surface area contributed by atoms with Gasteiger partial charge in [0.1, 0.15) is 11.5 Å². The van der Waals surface area contributed by atoms with Gasteiger partial charge in [0.25, 0.3) is 0 Å². The average molecular weight is 354 g/mol. The van der Waals surface area contributed by atoms with Gasteiger partial charge >= 0.3 is 0 Å². The van der Waals surface area contributed by atoms with E-state index in [2.05, 4.69) is 0 Å². The maximum atomic E-state index is 12.5. The van der Waals surface area contributed by atoms with Crippen molar-refractivity contribution in [1.29, 1.82) is 0 Å². The average Bonchev–Trinajstić information content (AvgIpc) is 2.54. The molecule has 5 heteroatoms. The number of hydrogen-bond donors (Lipinski definition) is 4. The number of aromatic hydroxyl groups is 4. The summed E-state index contributed by atoms with van der Waals surface area (Å²) in [7, 11) is 0. The molecule has 1 aliphatic carbocycles. The fourth-order valence-electron chi connectivity index (χ4n) is 3.46. The molecule has 0 spiro atoms. The summed E-state index contributed by atoms with van der Waals surface area (Å²) < 4.78 is 0. The van der Waals surface area contributed by atoms with Crippen LogP contribution in [0.2, 0.25) is 0 Å². The molecule has 0 amide bonds. The minimum absolute atomic E-state index is 0.0903. The number of Topliss-reactive ketones (excluding diaryl/α,β-unsaturated/α-hetero) is 1. The molecule has 2 aromatic carbocycles. The first-order valence-corrected chi connectivity index (χ1v) is 8.52. The van der Waals surface area contributed by atoms with Crippen molar-refractivity contribution >= 4 is 5.78 Å². The molecule has 0 saturated carbocycles. The van der Waals surface area contributed by atoms with Crippen LogP contribution >= 0.6 is 0 Å². The van der Waals surface area contributed by atoms with Crippen LogP contribution in [0, 0.1) is 0 Å². The molecule has 1 unspecified atom stereocenters. The van der Waals surface area contributed by atoms with E-state index >= 15 is 0 Å². The fourth-order valence-corrected chi connectivity index (χ4v) is 3.46. The Balaban J connectivity index is 1.99. The van der Waals surface area contributed by atoms with E-state index in [1.54, 1.807) is 6.07 Å². The maximum absolute atomic E-state index is 12.5. The van der Waals surface area contributed by atoms with Crippen LogP contribution in [-0.4, -0.2) is 26.2 Å². The van der Waals surface area contributed by atoms with E-state index in [9.17, 15) is 25.2 Å². The van der Waals surface area contributed by atoms with E-state index in [4.69, 9.17) is 0 Å². The quantitative estimate of drug-likeness (QED) is 0.494. The molecule has 4 N–H and O–H groups in total. The fraction of sp³-hybridized carbons (Fsp3) is 0.286. The standard InChI is InChI=1S/C21H22O5/c1-11(2)3-4-12-5-13(9-19(25)21(12)26)14-6-15-7-16(22)10-18(24)20(15)17(23)8-14/h3,5,7,9-10,14,22,24-26H,4,6,8H2,1-2H3. The summed E-state index contributed by atoms with van der Waals surface area (Å²) in [5, 5.41) is 39.9. The van der Waals surface area contributed by atoms with E-state index in [1.807, 2.05) is 19.9 Å². The summed E-state index contributed by atoms with van der Waals surface area (Å²) >= 11 is 0. The van der Waals surface area contributed by atoms with Crippen molar-refractivity contribution in [1.82, 2.24) is 0 Å². The third kappa shape index (κ3) is 3.38. The highest BCUT2D eigenvalue weighted by molar-refractivity contribution is 6.01. The summed E-state index contributed by atoms with van der Waals surface area (Å²) in [5.41, 5.74) is 3.29. The molecule has 1 aliphatic rings. The maximum Gasteiger partial charge on any atom is 0.167 e. The number of carbonyl (C=O) groups excluding carboxylic acids is 1. The third-order valence-electron chi connectivity index (χ3n) is 4.75. The number of carbonyl (C=O) groups is 1. The minimum Gasteiger partial charge on any atom is -0.508 e. The molecule has 0 aromatic heterocycles. The molecule has 2 aromatic rings. The first kappa shape index (κ1) is 17.9. The monoisotopic (exact) mass is 354 g/mol. The smallest absolute Gasteiger partial charge is 0.167 e. The zero-order valence-corrected chi connectivity index (χ0v) is 14.8. The Bertz CT molecular complexity index is 907. The lowest BCUT2D eigenvalue weighted by atomic mass is 9.78. The Morgan fingerprint density at radius 3 is 2.46 bits per heavy atom. The highest BCUT2D eigenvalue weighted by Crippen LogP contribution is 2.41. The van der Waals surface area contributed by atoms with Gasteiger partial charge in [-0.1, -0.05) is 17.7 Å². The molecule has 0 saturated heterocycles. The topological polar surface area (TPSA) is 98.0 Å². The summed E-state index contributed by atoms with van der Waals surface area (Å²) in [4.78, 5) is 12.5. The molecule has 5 nitrogen and oxygen atoms in total. The molecule has 26 heavy (non-hydrogen) atoms. The van der Waals surface area contributed by atoms with Crippen LogP contribution in [0.15, 0.2) is 35.9 Å². The number of benzene rings is 2. The Hall–Kier alpha value is -2.95. The predicted octanol–water partition coefficient (Wildman–Crippen LogP) is 3.93. The lowest BCUT2D eigenvalue weighted by molar-refractivity contribution is 0.0961. The molecule has 0 heterocycles. The van der Waals surface area contributed by atoms with Crippen molar-refractivity contribution in [3.8, 4) is 23.0 Å². The lowest BCUT2D eigenvalue weighted by Crippen LogP contribution is -2.19. The highest BCUT2D eigenvalue weighted by Gasteiger charge is 2.30. The Morgan fingerprint density at radius 2 is 1.77 bits per heavy atom. The first-order valence-electron chi connectivity index (χ1n) is 8.52. The minimum atomic E-state index is -0.211. The van der Waals surface area contributed by atoms with Gasteiger partial charge in [-0.05, 0) is 55.9 Å². The van der Waals surface area contributed by atoms with Crippen molar-refractivity contribution in [2.75, 3.05) is 0 Å².